The Hall–Kier alpha value is -3.29. The Kier molecular flexibility index (Phi) is 5.87. The van der Waals surface area contributed by atoms with Crippen LogP contribution in [0.25, 0.3) is 10.9 Å². The van der Waals surface area contributed by atoms with Crippen molar-refractivity contribution in [3.05, 3.63) is 75.6 Å². The number of hydrogen-bond acceptors (Lipinski definition) is 3. The zero-order valence-electron chi connectivity index (χ0n) is 16.7. The molecule has 0 fully saturated rings. The van der Waals surface area contributed by atoms with Crippen LogP contribution in [-0.2, 0) is 12.7 Å². The number of fused-ring (bicyclic) bond motifs is 1. The molecule has 158 valence electrons. The highest BCUT2D eigenvalue weighted by Gasteiger charge is 2.31. The fourth-order valence-electron chi connectivity index (χ4n) is 3.37. The lowest BCUT2D eigenvalue weighted by Gasteiger charge is -2.18. The molecule has 0 radical (unpaired) electrons. The third-order valence-corrected chi connectivity index (χ3v) is 4.95. The summed E-state index contributed by atoms with van der Waals surface area (Å²) in [7, 11) is 1.51. The van der Waals surface area contributed by atoms with E-state index >= 15 is 0 Å². The fraction of sp³-hybridized carbons (Fsp3) is 0.273. The van der Waals surface area contributed by atoms with Crippen molar-refractivity contribution in [2.45, 2.75) is 32.6 Å². The van der Waals surface area contributed by atoms with Gasteiger partial charge in [-0.25, -0.2) is 0 Å². The molecular formula is C22H21F3N2O3. The topological polar surface area (TPSA) is 60.3 Å². The van der Waals surface area contributed by atoms with E-state index in [2.05, 4.69) is 5.32 Å². The van der Waals surface area contributed by atoms with Crippen LogP contribution in [0.3, 0.4) is 0 Å². The molecule has 0 saturated heterocycles. The molecule has 1 amide bonds. The van der Waals surface area contributed by atoms with Gasteiger partial charge in [-0.2, -0.15) is 13.2 Å². The second kappa shape index (κ2) is 8.22. The van der Waals surface area contributed by atoms with E-state index < -0.39 is 29.1 Å². The van der Waals surface area contributed by atoms with Gasteiger partial charge in [0.15, 0.2) is 0 Å². The van der Waals surface area contributed by atoms with Gasteiger partial charge in [0.05, 0.1) is 24.2 Å². The van der Waals surface area contributed by atoms with E-state index in [1.807, 2.05) is 0 Å². The number of carbonyl (C=O) groups excluding carboxylic acids is 1. The summed E-state index contributed by atoms with van der Waals surface area (Å²) < 4.78 is 46.2. The van der Waals surface area contributed by atoms with E-state index in [9.17, 15) is 22.8 Å². The molecule has 3 rings (SSSR count). The van der Waals surface area contributed by atoms with Crippen molar-refractivity contribution in [1.29, 1.82) is 0 Å². The van der Waals surface area contributed by atoms with Crippen molar-refractivity contribution in [3.8, 4) is 5.75 Å². The zero-order valence-corrected chi connectivity index (χ0v) is 16.7. The molecular weight excluding hydrogens is 397 g/mol. The number of pyridine rings is 1. The van der Waals surface area contributed by atoms with Gasteiger partial charge >= 0.3 is 6.18 Å². The average molecular weight is 418 g/mol. The molecule has 0 aliphatic carbocycles. The van der Waals surface area contributed by atoms with Gasteiger partial charge < -0.3 is 14.6 Å². The lowest BCUT2D eigenvalue weighted by Crippen LogP contribution is -2.32. The normalized spacial score (nSPS) is 12.6. The summed E-state index contributed by atoms with van der Waals surface area (Å²) >= 11 is 0. The number of ether oxygens (including phenoxy) is 1. The largest absolute Gasteiger partial charge is 0.496 e. The maximum absolute atomic E-state index is 13.1. The Balaban J connectivity index is 2.05. The first-order chi connectivity index (χ1) is 14.2. The number of methoxy groups -OCH3 is 1. The van der Waals surface area contributed by atoms with Gasteiger partial charge in [0.2, 0.25) is 5.43 Å². The summed E-state index contributed by atoms with van der Waals surface area (Å²) in [6.45, 7) is 3.89. The summed E-state index contributed by atoms with van der Waals surface area (Å²) in [5, 5.41) is 2.59. The van der Waals surface area contributed by atoms with Crippen LogP contribution < -0.4 is 15.5 Å². The summed E-state index contributed by atoms with van der Waals surface area (Å²) in [5.41, 5.74) is -0.847. The summed E-state index contributed by atoms with van der Waals surface area (Å²) in [5.74, 6) is -0.0930. The molecule has 1 aromatic heterocycles. The van der Waals surface area contributed by atoms with Crippen LogP contribution in [0.5, 0.6) is 5.75 Å². The summed E-state index contributed by atoms with van der Waals surface area (Å²) in [4.78, 5) is 25.7. The number of aromatic nitrogens is 1. The van der Waals surface area contributed by atoms with E-state index in [4.69, 9.17) is 4.74 Å². The first kappa shape index (κ1) is 21.4. The van der Waals surface area contributed by atoms with Crippen molar-refractivity contribution < 1.29 is 22.7 Å². The van der Waals surface area contributed by atoms with Gasteiger partial charge in [-0.3, -0.25) is 9.59 Å². The van der Waals surface area contributed by atoms with E-state index in [-0.39, 0.29) is 10.9 Å². The van der Waals surface area contributed by atoms with Crippen LogP contribution in [-0.4, -0.2) is 17.6 Å². The number of carbonyl (C=O) groups is 1. The van der Waals surface area contributed by atoms with Crippen LogP contribution in [0.15, 0.2) is 53.5 Å². The maximum Gasteiger partial charge on any atom is 0.416 e. The number of para-hydroxylation sites is 1. The minimum atomic E-state index is -4.59. The highest BCUT2D eigenvalue weighted by atomic mass is 19.4. The Bertz CT molecular complexity index is 1150. The Morgan fingerprint density at radius 2 is 1.90 bits per heavy atom. The number of halogens is 3. The fourth-order valence-corrected chi connectivity index (χ4v) is 3.37. The van der Waals surface area contributed by atoms with Crippen LogP contribution in [0, 0.1) is 0 Å². The van der Waals surface area contributed by atoms with Gasteiger partial charge in [-0.05, 0) is 38.1 Å². The van der Waals surface area contributed by atoms with Crippen molar-refractivity contribution in [2.24, 2.45) is 0 Å². The molecule has 0 saturated carbocycles. The van der Waals surface area contributed by atoms with Gasteiger partial charge in [0.1, 0.15) is 11.3 Å². The predicted molar refractivity (Wildman–Crippen MR) is 108 cm³/mol. The van der Waals surface area contributed by atoms with Crippen LogP contribution in [0.1, 0.15) is 41.4 Å². The first-order valence-corrected chi connectivity index (χ1v) is 9.35. The molecule has 8 heteroatoms. The minimum Gasteiger partial charge on any atom is -0.496 e. The quantitative estimate of drug-likeness (QED) is 0.662. The lowest BCUT2D eigenvalue weighted by atomic mass is 10.0. The molecule has 0 bridgehead atoms. The Morgan fingerprint density at radius 3 is 2.53 bits per heavy atom. The molecule has 0 aliphatic rings. The standard InChI is InChI=1S/C22H21F3N2O3/c1-4-27-12-17(20(28)16-11-14(22(23,24)25)9-10-18(16)27)21(29)26-13(2)15-7-5-6-8-19(15)30-3/h5-13H,4H2,1-3H3,(H,26,29)/t13-/m1/s1. The van der Waals surface area contributed by atoms with Gasteiger partial charge in [-0.15, -0.1) is 0 Å². The molecule has 0 aliphatic heterocycles. The number of nitrogens with one attached hydrogen (secondary N) is 1. The second-order valence-electron chi connectivity index (χ2n) is 6.82. The SMILES string of the molecule is CCn1cc(C(=O)N[C@H](C)c2ccccc2OC)c(=O)c2cc(C(F)(F)F)ccc21. The van der Waals surface area contributed by atoms with Crippen molar-refractivity contribution in [1.82, 2.24) is 9.88 Å². The van der Waals surface area contributed by atoms with Crippen LogP contribution in [0.4, 0.5) is 13.2 Å². The highest BCUT2D eigenvalue weighted by Crippen LogP contribution is 2.31. The number of nitrogens with zero attached hydrogens (tertiary/aromatic N) is 1. The van der Waals surface area contributed by atoms with E-state index in [0.29, 0.717) is 23.4 Å². The lowest BCUT2D eigenvalue weighted by molar-refractivity contribution is -0.137. The average Bonchev–Trinajstić information content (AvgIpc) is 2.73. The number of benzene rings is 2. The van der Waals surface area contributed by atoms with Gasteiger partial charge in [0, 0.05) is 23.7 Å². The molecule has 0 unspecified atom stereocenters. The molecule has 1 heterocycles. The number of rotatable bonds is 5. The zero-order chi connectivity index (χ0) is 22.1. The maximum atomic E-state index is 13.1. The van der Waals surface area contributed by atoms with E-state index in [1.54, 1.807) is 42.7 Å². The van der Waals surface area contributed by atoms with E-state index in [1.165, 1.54) is 19.4 Å². The van der Waals surface area contributed by atoms with Gasteiger partial charge in [0.25, 0.3) is 5.91 Å². The molecule has 3 aromatic rings. The van der Waals surface area contributed by atoms with Gasteiger partial charge in [-0.1, -0.05) is 18.2 Å². The summed E-state index contributed by atoms with van der Waals surface area (Å²) in [6.07, 6.45) is -3.21. The molecule has 1 atom stereocenters. The number of amides is 1. The molecule has 0 spiro atoms. The first-order valence-electron chi connectivity index (χ1n) is 9.35. The highest BCUT2D eigenvalue weighted by molar-refractivity contribution is 5.97. The second-order valence-corrected chi connectivity index (χ2v) is 6.82. The third kappa shape index (κ3) is 4.03. The molecule has 5 nitrogen and oxygen atoms in total. The van der Waals surface area contributed by atoms with Crippen molar-refractivity contribution in [3.63, 3.8) is 0 Å². The number of alkyl halides is 3. The third-order valence-electron chi connectivity index (χ3n) is 4.95. The smallest absolute Gasteiger partial charge is 0.416 e. The number of aryl methyl sites for hydroxylation is 1. The molecule has 30 heavy (non-hydrogen) atoms. The van der Waals surface area contributed by atoms with Crippen molar-refractivity contribution in [2.75, 3.05) is 7.11 Å². The minimum absolute atomic E-state index is 0.149. The monoisotopic (exact) mass is 418 g/mol. The van der Waals surface area contributed by atoms with Crippen LogP contribution >= 0.6 is 0 Å². The van der Waals surface area contributed by atoms with Crippen LogP contribution in [0.2, 0.25) is 0 Å². The number of hydrogen-bond donors (Lipinski definition) is 1. The predicted octanol–water partition coefficient (Wildman–Crippen LogP) is 4.54. The Labute approximate surface area is 171 Å². The Morgan fingerprint density at radius 1 is 1.20 bits per heavy atom. The van der Waals surface area contributed by atoms with E-state index in [0.717, 1.165) is 12.1 Å². The molecule has 2 aromatic carbocycles. The molecule has 1 N–H and O–H groups in total. The summed E-state index contributed by atoms with van der Waals surface area (Å²) in [6, 6.07) is 9.60. The van der Waals surface area contributed by atoms with Crippen molar-refractivity contribution >= 4 is 16.8 Å².